The van der Waals surface area contributed by atoms with Crippen molar-refractivity contribution in [3.63, 3.8) is 0 Å². The van der Waals surface area contributed by atoms with Gasteiger partial charge in [0.15, 0.2) is 0 Å². The molecule has 3 N–H and O–H groups in total. The number of rotatable bonds is 6. The lowest BCUT2D eigenvalue weighted by Gasteiger charge is -2.31. The van der Waals surface area contributed by atoms with Crippen LogP contribution < -0.4 is 15.6 Å². The molecule has 2 aromatic carbocycles. The molecule has 0 radical (unpaired) electrons. The monoisotopic (exact) mass is 411 g/mol. The topological polar surface area (TPSA) is 108 Å². The summed E-state index contributed by atoms with van der Waals surface area (Å²) < 4.78 is 5.56. The number of likely N-dealkylation sites (tertiary alicyclic amines) is 1. The van der Waals surface area contributed by atoms with Crippen molar-refractivity contribution in [3.8, 4) is 11.5 Å². The molecule has 8 heteroatoms. The van der Waals surface area contributed by atoms with Gasteiger partial charge in [-0.1, -0.05) is 30.3 Å². The van der Waals surface area contributed by atoms with E-state index in [2.05, 4.69) is 10.9 Å². The van der Waals surface area contributed by atoms with Crippen LogP contribution in [0.5, 0.6) is 11.5 Å². The highest BCUT2D eigenvalue weighted by Gasteiger charge is 2.27. The fourth-order valence-corrected chi connectivity index (χ4v) is 3.28. The van der Waals surface area contributed by atoms with Crippen molar-refractivity contribution in [1.82, 2.24) is 15.8 Å². The fourth-order valence-electron chi connectivity index (χ4n) is 3.28. The standard InChI is InChI=1S/C22H25N3O5/c26-19-9-5-4-8-18(19)22(29)24-23-21(28)16-10-13-25(14-11-16)20(27)12-15-30-17-6-2-1-3-7-17/h1-9,16,26H,10-15H2,(H,23,28)(H,24,29). The summed E-state index contributed by atoms with van der Waals surface area (Å²) in [5, 5.41) is 9.68. The molecule has 3 amide bonds. The van der Waals surface area contributed by atoms with Gasteiger partial charge >= 0.3 is 0 Å². The van der Waals surface area contributed by atoms with Gasteiger partial charge in [-0.15, -0.1) is 0 Å². The van der Waals surface area contributed by atoms with E-state index in [-0.39, 0.29) is 35.5 Å². The molecule has 0 spiro atoms. The number of hydrogen-bond acceptors (Lipinski definition) is 5. The first-order chi connectivity index (χ1) is 14.5. The summed E-state index contributed by atoms with van der Waals surface area (Å²) in [6, 6.07) is 15.4. The van der Waals surface area contributed by atoms with Gasteiger partial charge in [-0.3, -0.25) is 25.2 Å². The second kappa shape index (κ2) is 10.3. The molecule has 3 rings (SSSR count). The molecular weight excluding hydrogens is 386 g/mol. The summed E-state index contributed by atoms with van der Waals surface area (Å²) in [6.07, 6.45) is 1.32. The molecule has 30 heavy (non-hydrogen) atoms. The number of para-hydroxylation sites is 2. The smallest absolute Gasteiger partial charge is 0.273 e. The molecule has 1 heterocycles. The van der Waals surface area contributed by atoms with Crippen molar-refractivity contribution in [2.45, 2.75) is 19.3 Å². The Bertz CT molecular complexity index is 879. The lowest BCUT2D eigenvalue weighted by atomic mass is 9.96. The Kier molecular flexibility index (Phi) is 7.26. The van der Waals surface area contributed by atoms with E-state index in [0.717, 1.165) is 5.75 Å². The van der Waals surface area contributed by atoms with Crippen LogP contribution >= 0.6 is 0 Å². The summed E-state index contributed by atoms with van der Waals surface area (Å²) >= 11 is 0. The third-order valence-electron chi connectivity index (χ3n) is 4.99. The Labute approximate surface area is 174 Å². The summed E-state index contributed by atoms with van der Waals surface area (Å²) in [5.74, 6) is -0.624. The minimum absolute atomic E-state index is 0.00218. The van der Waals surface area contributed by atoms with Crippen molar-refractivity contribution in [2.24, 2.45) is 5.92 Å². The van der Waals surface area contributed by atoms with Crippen molar-refractivity contribution in [2.75, 3.05) is 19.7 Å². The molecule has 158 valence electrons. The summed E-state index contributed by atoms with van der Waals surface area (Å²) in [4.78, 5) is 38.4. The van der Waals surface area contributed by atoms with Gasteiger partial charge in [0.25, 0.3) is 5.91 Å². The van der Waals surface area contributed by atoms with Crippen LogP contribution in [0.1, 0.15) is 29.6 Å². The highest BCUT2D eigenvalue weighted by atomic mass is 16.5. The Hall–Kier alpha value is -3.55. The molecule has 0 unspecified atom stereocenters. The molecular formula is C22H25N3O5. The van der Waals surface area contributed by atoms with Gasteiger partial charge in [0.1, 0.15) is 11.5 Å². The number of ether oxygens (including phenoxy) is 1. The van der Waals surface area contributed by atoms with Gasteiger partial charge in [0.2, 0.25) is 11.8 Å². The minimum atomic E-state index is -0.590. The van der Waals surface area contributed by atoms with Gasteiger partial charge in [-0.05, 0) is 37.1 Å². The largest absolute Gasteiger partial charge is 0.507 e. The zero-order chi connectivity index (χ0) is 21.3. The zero-order valence-electron chi connectivity index (χ0n) is 16.5. The normalized spacial score (nSPS) is 14.1. The first-order valence-corrected chi connectivity index (χ1v) is 9.88. The number of amides is 3. The predicted molar refractivity (Wildman–Crippen MR) is 110 cm³/mol. The zero-order valence-corrected chi connectivity index (χ0v) is 16.5. The number of hydrazine groups is 1. The number of benzene rings is 2. The van der Waals surface area contributed by atoms with Crippen molar-refractivity contribution in [3.05, 3.63) is 60.2 Å². The summed E-state index contributed by atoms with van der Waals surface area (Å²) in [7, 11) is 0. The van der Waals surface area contributed by atoms with E-state index in [1.165, 1.54) is 12.1 Å². The van der Waals surface area contributed by atoms with E-state index in [0.29, 0.717) is 32.5 Å². The summed E-state index contributed by atoms with van der Waals surface area (Å²) in [5.41, 5.74) is 4.80. The number of phenols is 1. The number of phenolic OH excluding ortho intramolecular Hbond substituents is 1. The maximum atomic E-state index is 12.3. The van der Waals surface area contributed by atoms with Crippen molar-refractivity contribution < 1.29 is 24.2 Å². The molecule has 1 saturated heterocycles. The number of hydrogen-bond donors (Lipinski definition) is 3. The third kappa shape index (κ3) is 5.73. The van der Waals surface area contributed by atoms with Gasteiger partial charge in [-0.25, -0.2) is 0 Å². The van der Waals surface area contributed by atoms with Gasteiger partial charge in [0, 0.05) is 19.0 Å². The van der Waals surface area contributed by atoms with Gasteiger partial charge in [0.05, 0.1) is 18.6 Å². The second-order valence-electron chi connectivity index (χ2n) is 7.03. The molecule has 1 aliphatic heterocycles. The van der Waals surface area contributed by atoms with Crippen LogP contribution in [0.4, 0.5) is 0 Å². The van der Waals surface area contributed by atoms with E-state index >= 15 is 0 Å². The summed E-state index contributed by atoms with van der Waals surface area (Å²) in [6.45, 7) is 1.27. The number of carbonyl (C=O) groups excluding carboxylic acids is 3. The molecule has 2 aromatic rings. The second-order valence-corrected chi connectivity index (χ2v) is 7.03. The maximum Gasteiger partial charge on any atom is 0.273 e. The van der Waals surface area contributed by atoms with Crippen LogP contribution in [-0.2, 0) is 9.59 Å². The quantitative estimate of drug-likeness (QED) is 0.629. The van der Waals surface area contributed by atoms with E-state index in [9.17, 15) is 19.5 Å². The average molecular weight is 411 g/mol. The lowest BCUT2D eigenvalue weighted by molar-refractivity contribution is -0.136. The number of piperidine rings is 1. The van der Waals surface area contributed by atoms with Crippen LogP contribution in [0, 0.1) is 5.92 Å². The first-order valence-electron chi connectivity index (χ1n) is 9.88. The van der Waals surface area contributed by atoms with Crippen molar-refractivity contribution >= 4 is 17.7 Å². The number of carbonyl (C=O) groups is 3. The first kappa shape index (κ1) is 21.2. The Morgan fingerprint density at radius 2 is 1.63 bits per heavy atom. The Morgan fingerprint density at radius 3 is 2.33 bits per heavy atom. The van der Waals surface area contributed by atoms with Gasteiger partial charge in [-0.2, -0.15) is 0 Å². The highest BCUT2D eigenvalue weighted by molar-refractivity contribution is 5.97. The number of aromatic hydroxyl groups is 1. The van der Waals surface area contributed by atoms with E-state index < -0.39 is 5.91 Å². The van der Waals surface area contributed by atoms with Crippen LogP contribution in [0.25, 0.3) is 0 Å². The maximum absolute atomic E-state index is 12.3. The van der Waals surface area contributed by atoms with Gasteiger partial charge < -0.3 is 14.7 Å². The average Bonchev–Trinajstić information content (AvgIpc) is 2.78. The molecule has 0 bridgehead atoms. The predicted octanol–water partition coefficient (Wildman–Crippen LogP) is 1.86. The van der Waals surface area contributed by atoms with Crippen LogP contribution in [0.3, 0.4) is 0 Å². The SMILES string of the molecule is O=C(NNC(=O)C1CCN(C(=O)CCOc2ccccc2)CC1)c1ccccc1O. The number of nitrogens with zero attached hydrogens (tertiary/aromatic N) is 1. The Balaban J connectivity index is 1.37. The molecule has 1 fully saturated rings. The van der Waals surface area contributed by atoms with Crippen LogP contribution in [0.15, 0.2) is 54.6 Å². The Morgan fingerprint density at radius 1 is 0.967 bits per heavy atom. The van der Waals surface area contributed by atoms with Crippen LogP contribution in [0.2, 0.25) is 0 Å². The minimum Gasteiger partial charge on any atom is -0.507 e. The lowest BCUT2D eigenvalue weighted by Crippen LogP contribution is -2.48. The van der Waals surface area contributed by atoms with Crippen molar-refractivity contribution in [1.29, 1.82) is 0 Å². The highest BCUT2D eigenvalue weighted by Crippen LogP contribution is 2.19. The molecule has 8 nitrogen and oxygen atoms in total. The van der Waals surface area contributed by atoms with E-state index in [4.69, 9.17) is 4.74 Å². The molecule has 0 aliphatic carbocycles. The van der Waals surface area contributed by atoms with E-state index in [1.807, 2.05) is 30.3 Å². The molecule has 0 aromatic heterocycles. The molecule has 0 atom stereocenters. The van der Waals surface area contributed by atoms with E-state index in [1.54, 1.807) is 17.0 Å². The number of nitrogens with one attached hydrogen (secondary N) is 2. The third-order valence-corrected chi connectivity index (χ3v) is 4.99. The fraction of sp³-hybridized carbons (Fsp3) is 0.318. The molecule has 0 saturated carbocycles. The van der Waals surface area contributed by atoms with Crippen LogP contribution in [-0.4, -0.2) is 47.4 Å². The molecule has 1 aliphatic rings.